The van der Waals surface area contributed by atoms with Crippen LogP contribution in [0.4, 0.5) is 5.69 Å². The van der Waals surface area contributed by atoms with Crippen molar-refractivity contribution < 1.29 is 0 Å². The lowest BCUT2D eigenvalue weighted by Crippen LogP contribution is -2.31. The molecule has 1 aromatic heterocycles. The number of para-hydroxylation sites is 1. The van der Waals surface area contributed by atoms with Gasteiger partial charge in [-0.1, -0.05) is 18.2 Å². The second-order valence-corrected chi connectivity index (χ2v) is 7.02. The number of anilines is 1. The van der Waals surface area contributed by atoms with Crippen molar-refractivity contribution in [3.8, 4) is 0 Å². The van der Waals surface area contributed by atoms with Gasteiger partial charge in [-0.25, -0.2) is 0 Å². The molecular formula is C15H17BrN2S. The maximum atomic E-state index is 6.05. The highest BCUT2D eigenvalue weighted by atomic mass is 79.9. The van der Waals surface area contributed by atoms with Crippen LogP contribution in [0.3, 0.4) is 0 Å². The first kappa shape index (κ1) is 13.2. The Morgan fingerprint density at radius 2 is 2.21 bits per heavy atom. The third-order valence-electron chi connectivity index (χ3n) is 3.73. The molecule has 4 heteroatoms. The minimum absolute atomic E-state index is 0.290. The van der Waals surface area contributed by atoms with E-state index in [1.165, 1.54) is 25.5 Å². The summed E-state index contributed by atoms with van der Waals surface area (Å²) in [5, 5.41) is 0. The van der Waals surface area contributed by atoms with Crippen molar-refractivity contribution in [3.05, 3.63) is 50.1 Å². The number of hydrogen-bond acceptors (Lipinski definition) is 3. The van der Waals surface area contributed by atoms with Crippen molar-refractivity contribution in [3.63, 3.8) is 0 Å². The topological polar surface area (TPSA) is 29.3 Å². The van der Waals surface area contributed by atoms with E-state index in [4.69, 9.17) is 5.73 Å². The maximum Gasteiger partial charge on any atom is 0.0757 e. The van der Waals surface area contributed by atoms with E-state index < -0.39 is 0 Å². The molecule has 0 bridgehead atoms. The van der Waals surface area contributed by atoms with Crippen molar-refractivity contribution >= 4 is 33.0 Å². The van der Waals surface area contributed by atoms with Crippen LogP contribution < -0.4 is 10.6 Å². The molecule has 100 valence electrons. The summed E-state index contributed by atoms with van der Waals surface area (Å²) < 4.78 is 1.19. The van der Waals surface area contributed by atoms with Gasteiger partial charge < -0.3 is 10.6 Å². The molecule has 1 unspecified atom stereocenters. The first-order valence-corrected chi connectivity index (χ1v) is 8.12. The predicted octanol–water partition coefficient (Wildman–Crippen LogP) is 3.88. The second-order valence-electron chi connectivity index (χ2n) is 4.88. The number of aryl methyl sites for hydroxylation is 1. The summed E-state index contributed by atoms with van der Waals surface area (Å²) in [6.07, 6.45) is 1.12. The lowest BCUT2D eigenvalue weighted by molar-refractivity contribution is 0.659. The third kappa shape index (κ3) is 2.33. The predicted molar refractivity (Wildman–Crippen MR) is 86.0 cm³/mol. The van der Waals surface area contributed by atoms with E-state index in [2.05, 4.69) is 58.1 Å². The van der Waals surface area contributed by atoms with E-state index in [1.807, 2.05) is 11.3 Å². The first-order chi connectivity index (χ1) is 9.20. The Balaban J connectivity index is 1.96. The van der Waals surface area contributed by atoms with Crippen LogP contribution in [-0.4, -0.2) is 13.1 Å². The van der Waals surface area contributed by atoms with Crippen LogP contribution in [0.25, 0.3) is 0 Å². The van der Waals surface area contributed by atoms with Crippen LogP contribution >= 0.6 is 27.3 Å². The zero-order valence-corrected chi connectivity index (χ0v) is 13.3. The van der Waals surface area contributed by atoms with Crippen LogP contribution in [0.1, 0.15) is 21.4 Å². The summed E-state index contributed by atoms with van der Waals surface area (Å²) in [4.78, 5) is 5.12. The monoisotopic (exact) mass is 336 g/mol. The lowest BCUT2D eigenvalue weighted by atomic mass is 10.1. The van der Waals surface area contributed by atoms with E-state index in [0.29, 0.717) is 12.6 Å². The number of hydrogen-bond donors (Lipinski definition) is 1. The molecule has 3 rings (SSSR count). The molecule has 0 amide bonds. The van der Waals surface area contributed by atoms with Crippen LogP contribution in [0.5, 0.6) is 0 Å². The molecule has 2 heterocycles. The van der Waals surface area contributed by atoms with Crippen LogP contribution in [0, 0.1) is 6.92 Å². The normalized spacial score (nSPS) is 15.6. The van der Waals surface area contributed by atoms with E-state index in [9.17, 15) is 0 Å². The van der Waals surface area contributed by atoms with Crippen LogP contribution in [0.15, 0.2) is 34.8 Å². The maximum absolute atomic E-state index is 6.05. The minimum Gasteiger partial charge on any atom is -0.362 e. The Morgan fingerprint density at radius 3 is 2.89 bits per heavy atom. The molecule has 0 saturated heterocycles. The summed E-state index contributed by atoms with van der Waals surface area (Å²) >= 11 is 5.44. The lowest BCUT2D eigenvalue weighted by Gasteiger charge is -2.28. The number of rotatable bonds is 3. The van der Waals surface area contributed by atoms with E-state index in [1.54, 1.807) is 0 Å². The zero-order valence-electron chi connectivity index (χ0n) is 10.9. The number of benzene rings is 1. The molecule has 0 radical (unpaired) electrons. The van der Waals surface area contributed by atoms with Crippen molar-refractivity contribution in [2.45, 2.75) is 19.4 Å². The molecule has 0 spiro atoms. The summed E-state index contributed by atoms with van der Waals surface area (Å²) in [6.45, 7) is 3.86. The highest BCUT2D eigenvalue weighted by molar-refractivity contribution is 9.10. The number of thiophene rings is 1. The van der Waals surface area contributed by atoms with Gasteiger partial charge in [0.25, 0.3) is 0 Å². The fourth-order valence-corrected chi connectivity index (χ4v) is 4.42. The highest BCUT2D eigenvalue weighted by Gasteiger charge is 2.27. The fraction of sp³-hybridized carbons (Fsp3) is 0.333. The summed E-state index contributed by atoms with van der Waals surface area (Å²) in [5.41, 5.74) is 8.84. The Kier molecular flexibility index (Phi) is 3.65. The summed E-state index contributed by atoms with van der Waals surface area (Å²) in [7, 11) is 0. The number of fused-ring (bicyclic) bond motifs is 1. The molecule has 2 nitrogen and oxygen atoms in total. The minimum atomic E-state index is 0.290. The van der Waals surface area contributed by atoms with E-state index in [-0.39, 0.29) is 0 Å². The van der Waals surface area contributed by atoms with Gasteiger partial charge in [-0.2, -0.15) is 0 Å². The van der Waals surface area contributed by atoms with Gasteiger partial charge >= 0.3 is 0 Å². The van der Waals surface area contributed by atoms with Crippen molar-refractivity contribution in [2.24, 2.45) is 5.73 Å². The van der Waals surface area contributed by atoms with Gasteiger partial charge in [-0.05, 0) is 47.0 Å². The van der Waals surface area contributed by atoms with E-state index >= 15 is 0 Å². The standard InChI is InChI=1S/C15H17BrN2S/c1-10-12(16)8-15(19-10)14(9-17)18-7-6-11-4-2-3-5-13(11)18/h2-5,8,14H,6-7,9,17H2,1H3. The quantitative estimate of drug-likeness (QED) is 0.921. The third-order valence-corrected chi connectivity index (χ3v) is 5.97. The second kappa shape index (κ2) is 5.27. The molecule has 2 aromatic rings. The van der Waals surface area contributed by atoms with Gasteiger partial charge in [0.2, 0.25) is 0 Å². The van der Waals surface area contributed by atoms with Crippen molar-refractivity contribution in [2.75, 3.05) is 18.0 Å². The average Bonchev–Trinajstić information content (AvgIpc) is 2.97. The summed E-state index contributed by atoms with van der Waals surface area (Å²) in [5.74, 6) is 0. The number of halogens is 1. The van der Waals surface area contributed by atoms with Crippen molar-refractivity contribution in [1.82, 2.24) is 0 Å². The molecule has 0 fully saturated rings. The van der Waals surface area contributed by atoms with Gasteiger partial charge in [0.15, 0.2) is 0 Å². The molecule has 19 heavy (non-hydrogen) atoms. The Hall–Kier alpha value is -0.840. The largest absolute Gasteiger partial charge is 0.362 e. The Labute approximate surface area is 126 Å². The fourth-order valence-electron chi connectivity index (χ4n) is 2.73. The number of nitrogens with two attached hydrogens (primary N) is 1. The van der Waals surface area contributed by atoms with Gasteiger partial charge in [0.1, 0.15) is 0 Å². The molecule has 1 aromatic carbocycles. The Bertz CT molecular complexity index is 574. The molecule has 0 aliphatic carbocycles. The molecule has 1 aliphatic heterocycles. The van der Waals surface area contributed by atoms with Gasteiger partial charge in [0.05, 0.1) is 6.04 Å². The average molecular weight is 337 g/mol. The van der Waals surface area contributed by atoms with Gasteiger partial charge in [0, 0.05) is 33.0 Å². The van der Waals surface area contributed by atoms with Crippen LogP contribution in [-0.2, 0) is 6.42 Å². The SMILES string of the molecule is Cc1sc(C(CN)N2CCc3ccccc32)cc1Br. The Morgan fingerprint density at radius 1 is 1.42 bits per heavy atom. The highest BCUT2D eigenvalue weighted by Crippen LogP contribution is 2.38. The van der Waals surface area contributed by atoms with Gasteiger partial charge in [-0.15, -0.1) is 11.3 Å². The van der Waals surface area contributed by atoms with Gasteiger partial charge in [-0.3, -0.25) is 0 Å². The molecule has 0 saturated carbocycles. The molecular weight excluding hydrogens is 320 g/mol. The van der Waals surface area contributed by atoms with E-state index in [0.717, 1.165) is 13.0 Å². The van der Waals surface area contributed by atoms with Crippen LogP contribution in [0.2, 0.25) is 0 Å². The molecule has 1 atom stereocenters. The smallest absolute Gasteiger partial charge is 0.0757 e. The summed E-state index contributed by atoms with van der Waals surface area (Å²) in [6, 6.07) is 11.2. The zero-order chi connectivity index (χ0) is 13.4. The first-order valence-electron chi connectivity index (χ1n) is 6.51. The van der Waals surface area contributed by atoms with Crippen molar-refractivity contribution in [1.29, 1.82) is 0 Å². The molecule has 1 aliphatic rings. The molecule has 2 N–H and O–H groups in total. The number of nitrogens with zero attached hydrogens (tertiary/aromatic N) is 1.